The molecular formula is C54H104O6. The van der Waals surface area contributed by atoms with Gasteiger partial charge in [-0.2, -0.15) is 0 Å². The highest BCUT2D eigenvalue weighted by molar-refractivity contribution is 5.71. The zero-order valence-corrected chi connectivity index (χ0v) is 40.9. The summed E-state index contributed by atoms with van der Waals surface area (Å²) in [6.45, 7) is 9.02. The standard InChI is InChI=1S/C54H104O6/c1-5-7-9-11-13-15-17-19-20-21-23-25-30-34-38-42-46-53(56)59-49-51(60-54(57)47-43-39-35-31-27-26-28-32-36-40-44-50(3)4)48-58-52(55)45-41-37-33-29-24-22-18-16-14-12-10-8-6-2/h50-51H,5-49H2,1-4H3/t51-/m0/s1. The van der Waals surface area contributed by atoms with Crippen molar-refractivity contribution in [2.45, 2.75) is 310 Å². The highest BCUT2D eigenvalue weighted by Crippen LogP contribution is 2.17. The van der Waals surface area contributed by atoms with Gasteiger partial charge in [-0.05, 0) is 25.2 Å². The molecule has 0 amide bonds. The topological polar surface area (TPSA) is 78.9 Å². The van der Waals surface area contributed by atoms with Crippen LogP contribution in [-0.2, 0) is 28.6 Å². The summed E-state index contributed by atoms with van der Waals surface area (Å²) in [4.78, 5) is 38.0. The summed E-state index contributed by atoms with van der Waals surface area (Å²) >= 11 is 0. The van der Waals surface area contributed by atoms with Gasteiger partial charge in [-0.25, -0.2) is 0 Å². The fourth-order valence-corrected chi connectivity index (χ4v) is 8.22. The molecular weight excluding hydrogens is 745 g/mol. The molecule has 1 atom stereocenters. The van der Waals surface area contributed by atoms with Gasteiger partial charge in [0.05, 0.1) is 0 Å². The summed E-state index contributed by atoms with van der Waals surface area (Å²) in [5, 5.41) is 0. The molecule has 356 valence electrons. The zero-order chi connectivity index (χ0) is 43.8. The molecule has 0 rings (SSSR count). The summed E-state index contributed by atoms with van der Waals surface area (Å²) in [6, 6.07) is 0. The Morgan fingerprint density at radius 3 is 0.817 bits per heavy atom. The minimum absolute atomic E-state index is 0.0626. The first-order valence-corrected chi connectivity index (χ1v) is 26.9. The molecule has 0 N–H and O–H groups in total. The molecule has 6 nitrogen and oxygen atoms in total. The summed E-state index contributed by atoms with van der Waals surface area (Å²) in [5.41, 5.74) is 0. The number of carbonyl (C=O) groups is 3. The van der Waals surface area contributed by atoms with E-state index >= 15 is 0 Å². The normalized spacial score (nSPS) is 11.9. The first-order chi connectivity index (χ1) is 29.4. The lowest BCUT2D eigenvalue weighted by molar-refractivity contribution is -0.167. The molecule has 0 aromatic rings. The Morgan fingerprint density at radius 2 is 0.550 bits per heavy atom. The Bertz CT molecular complexity index is 903. The van der Waals surface area contributed by atoms with Gasteiger partial charge in [0.15, 0.2) is 6.10 Å². The van der Waals surface area contributed by atoms with Crippen molar-refractivity contribution in [2.75, 3.05) is 13.2 Å². The van der Waals surface area contributed by atoms with Crippen molar-refractivity contribution in [2.24, 2.45) is 5.92 Å². The lowest BCUT2D eigenvalue weighted by Gasteiger charge is -2.18. The Morgan fingerprint density at radius 1 is 0.317 bits per heavy atom. The summed E-state index contributed by atoms with van der Waals surface area (Å²) in [5.74, 6) is -0.0255. The van der Waals surface area contributed by atoms with Gasteiger partial charge in [-0.3, -0.25) is 14.4 Å². The van der Waals surface area contributed by atoms with Crippen LogP contribution in [0.4, 0.5) is 0 Å². The smallest absolute Gasteiger partial charge is 0.306 e. The molecule has 0 aromatic heterocycles. The van der Waals surface area contributed by atoms with Crippen LogP contribution in [0.25, 0.3) is 0 Å². The molecule has 6 heteroatoms. The molecule has 60 heavy (non-hydrogen) atoms. The largest absolute Gasteiger partial charge is 0.462 e. The monoisotopic (exact) mass is 849 g/mol. The van der Waals surface area contributed by atoms with E-state index in [2.05, 4.69) is 27.7 Å². The van der Waals surface area contributed by atoms with Crippen molar-refractivity contribution in [3.63, 3.8) is 0 Å². The fraction of sp³-hybridized carbons (Fsp3) is 0.944. The maximum Gasteiger partial charge on any atom is 0.306 e. The number of carbonyl (C=O) groups excluding carboxylic acids is 3. The molecule has 0 spiro atoms. The second-order valence-electron chi connectivity index (χ2n) is 19.0. The van der Waals surface area contributed by atoms with Crippen molar-refractivity contribution in [1.82, 2.24) is 0 Å². The molecule has 0 bridgehead atoms. The van der Waals surface area contributed by atoms with E-state index in [0.717, 1.165) is 63.7 Å². The zero-order valence-electron chi connectivity index (χ0n) is 40.9. The number of hydrogen-bond donors (Lipinski definition) is 0. The van der Waals surface area contributed by atoms with Crippen LogP contribution in [0, 0.1) is 5.92 Å². The fourth-order valence-electron chi connectivity index (χ4n) is 8.22. The first kappa shape index (κ1) is 58.4. The van der Waals surface area contributed by atoms with Crippen molar-refractivity contribution in [3.8, 4) is 0 Å². The van der Waals surface area contributed by atoms with E-state index in [0.29, 0.717) is 19.3 Å². The minimum Gasteiger partial charge on any atom is -0.462 e. The molecule has 0 heterocycles. The van der Waals surface area contributed by atoms with Gasteiger partial charge in [0, 0.05) is 19.3 Å². The van der Waals surface area contributed by atoms with Crippen LogP contribution in [0.3, 0.4) is 0 Å². The highest BCUT2D eigenvalue weighted by atomic mass is 16.6. The van der Waals surface area contributed by atoms with E-state index in [4.69, 9.17) is 14.2 Å². The average molecular weight is 849 g/mol. The van der Waals surface area contributed by atoms with Crippen molar-refractivity contribution in [3.05, 3.63) is 0 Å². The van der Waals surface area contributed by atoms with Crippen LogP contribution >= 0.6 is 0 Å². The lowest BCUT2D eigenvalue weighted by atomic mass is 10.0. The summed E-state index contributed by atoms with van der Waals surface area (Å²) in [6.07, 6.45) is 50.9. The Kier molecular flexibility index (Phi) is 47.2. The van der Waals surface area contributed by atoms with E-state index < -0.39 is 6.10 Å². The maximum absolute atomic E-state index is 12.8. The Hall–Kier alpha value is -1.59. The van der Waals surface area contributed by atoms with E-state index in [9.17, 15) is 14.4 Å². The number of ether oxygens (including phenoxy) is 3. The lowest BCUT2D eigenvalue weighted by Crippen LogP contribution is -2.30. The van der Waals surface area contributed by atoms with E-state index in [1.54, 1.807) is 0 Å². The Balaban J connectivity index is 4.30. The minimum atomic E-state index is -0.761. The number of hydrogen-bond acceptors (Lipinski definition) is 6. The van der Waals surface area contributed by atoms with E-state index in [-0.39, 0.29) is 31.1 Å². The van der Waals surface area contributed by atoms with Crippen molar-refractivity contribution < 1.29 is 28.6 Å². The SMILES string of the molecule is CCCCCCCCCCCCCCCCCCC(=O)OC[C@H](COC(=O)CCCCCCCCCCCCCCC)OC(=O)CCCCCCCCCCCCC(C)C. The third-order valence-corrected chi connectivity index (χ3v) is 12.3. The van der Waals surface area contributed by atoms with Gasteiger partial charge >= 0.3 is 17.9 Å². The van der Waals surface area contributed by atoms with Gasteiger partial charge in [-0.1, -0.05) is 265 Å². The van der Waals surface area contributed by atoms with Crippen molar-refractivity contribution >= 4 is 17.9 Å². The predicted octanol–water partition coefficient (Wildman–Crippen LogP) is 17.5. The molecule has 0 aliphatic rings. The molecule has 0 unspecified atom stereocenters. The second-order valence-corrected chi connectivity index (χ2v) is 19.0. The van der Waals surface area contributed by atoms with Crippen LogP contribution in [-0.4, -0.2) is 37.2 Å². The van der Waals surface area contributed by atoms with Crippen LogP contribution in [0.1, 0.15) is 304 Å². The molecule has 0 saturated heterocycles. The van der Waals surface area contributed by atoms with Gasteiger partial charge in [0.1, 0.15) is 13.2 Å². The number of esters is 3. The number of rotatable bonds is 49. The Labute approximate surface area is 374 Å². The molecule has 0 aliphatic heterocycles. The molecule has 0 aromatic carbocycles. The first-order valence-electron chi connectivity index (χ1n) is 26.9. The third kappa shape index (κ3) is 47.5. The van der Waals surface area contributed by atoms with Crippen LogP contribution in [0.2, 0.25) is 0 Å². The van der Waals surface area contributed by atoms with Crippen LogP contribution in [0.5, 0.6) is 0 Å². The molecule has 0 saturated carbocycles. The van der Waals surface area contributed by atoms with Crippen LogP contribution < -0.4 is 0 Å². The molecule has 0 aliphatic carbocycles. The highest BCUT2D eigenvalue weighted by Gasteiger charge is 2.19. The maximum atomic E-state index is 12.8. The number of unbranched alkanes of at least 4 members (excludes halogenated alkanes) is 36. The van der Waals surface area contributed by atoms with Crippen LogP contribution in [0.15, 0.2) is 0 Å². The summed E-state index contributed by atoms with van der Waals surface area (Å²) < 4.78 is 16.8. The second kappa shape index (κ2) is 48.4. The van der Waals surface area contributed by atoms with Gasteiger partial charge < -0.3 is 14.2 Å². The van der Waals surface area contributed by atoms with Gasteiger partial charge in [0.2, 0.25) is 0 Å². The van der Waals surface area contributed by atoms with E-state index in [1.165, 1.54) is 199 Å². The molecule has 0 fully saturated rings. The van der Waals surface area contributed by atoms with Gasteiger partial charge in [-0.15, -0.1) is 0 Å². The quantitative estimate of drug-likeness (QED) is 0.0345. The average Bonchev–Trinajstić information content (AvgIpc) is 3.23. The molecule has 0 radical (unpaired) electrons. The van der Waals surface area contributed by atoms with Gasteiger partial charge in [0.25, 0.3) is 0 Å². The third-order valence-electron chi connectivity index (χ3n) is 12.3. The summed E-state index contributed by atoms with van der Waals surface area (Å²) in [7, 11) is 0. The van der Waals surface area contributed by atoms with Crippen molar-refractivity contribution in [1.29, 1.82) is 0 Å². The van der Waals surface area contributed by atoms with E-state index in [1.807, 2.05) is 0 Å². The predicted molar refractivity (Wildman–Crippen MR) is 257 cm³/mol.